The van der Waals surface area contributed by atoms with E-state index in [0.29, 0.717) is 35.3 Å². The molecule has 2 aromatic rings. The van der Waals surface area contributed by atoms with E-state index >= 15 is 0 Å². The number of anilines is 2. The first-order chi connectivity index (χ1) is 15.8. The molecule has 10 heteroatoms. The third kappa shape index (κ3) is 4.75. The topological polar surface area (TPSA) is 109 Å². The third-order valence-corrected chi connectivity index (χ3v) is 6.98. The summed E-state index contributed by atoms with van der Waals surface area (Å²) in [5.74, 6) is -0.722. The minimum atomic E-state index is -0.888. The van der Waals surface area contributed by atoms with Crippen LogP contribution < -0.4 is 10.2 Å². The van der Waals surface area contributed by atoms with E-state index in [1.165, 1.54) is 23.2 Å². The first-order valence-corrected chi connectivity index (χ1v) is 11.8. The van der Waals surface area contributed by atoms with Crippen LogP contribution in [0.4, 0.5) is 15.6 Å². The first kappa shape index (κ1) is 22.9. The lowest BCUT2D eigenvalue weighted by Crippen LogP contribution is -2.49. The number of hydrogen-bond donors (Lipinski definition) is 1. The maximum absolute atomic E-state index is 12.9. The van der Waals surface area contributed by atoms with E-state index in [1.807, 2.05) is 18.2 Å². The zero-order valence-electron chi connectivity index (χ0n) is 18.6. The average Bonchev–Trinajstić information content (AvgIpc) is 3.34. The molecule has 1 spiro atoms. The van der Waals surface area contributed by atoms with Gasteiger partial charge in [-0.3, -0.25) is 24.2 Å². The molecule has 4 rings (SSSR count). The molecule has 33 heavy (non-hydrogen) atoms. The summed E-state index contributed by atoms with van der Waals surface area (Å²) >= 11 is 1.25. The molecule has 2 heterocycles. The van der Waals surface area contributed by atoms with Crippen molar-refractivity contribution in [1.82, 2.24) is 15.2 Å². The summed E-state index contributed by atoms with van der Waals surface area (Å²) in [6.07, 6.45) is 2.88. The number of benzene rings is 1. The average molecular weight is 471 g/mol. The number of amides is 4. The number of carbonyl (C=O) groups is 4. The van der Waals surface area contributed by atoms with Crippen LogP contribution in [0.1, 0.15) is 45.2 Å². The smallest absolute Gasteiger partial charge is 0.326 e. The number of nitrogens with zero attached hydrogens (tertiary/aromatic N) is 3. The molecule has 1 aliphatic carbocycles. The molecule has 1 N–H and O–H groups in total. The van der Waals surface area contributed by atoms with Crippen LogP contribution in [0.5, 0.6) is 0 Å². The summed E-state index contributed by atoms with van der Waals surface area (Å²) in [6.45, 7) is 3.01. The molecule has 2 fully saturated rings. The molecule has 0 unspecified atom stereocenters. The van der Waals surface area contributed by atoms with Gasteiger partial charge in [0.25, 0.3) is 5.91 Å². The highest BCUT2D eigenvalue weighted by atomic mass is 32.1. The fourth-order valence-corrected chi connectivity index (χ4v) is 5.08. The molecule has 0 radical (unpaired) electrons. The van der Waals surface area contributed by atoms with Gasteiger partial charge in [-0.15, -0.1) is 11.3 Å². The van der Waals surface area contributed by atoms with E-state index < -0.39 is 24.1 Å². The number of aromatic nitrogens is 1. The molecule has 2 aliphatic rings. The first-order valence-electron chi connectivity index (χ1n) is 10.9. The standard InChI is InChI=1S/C23H26N4O5S/c1-15-8-10-23(11-9-15)20(30)26(21(31)25-23)12-19(29)32-13-17-14-33-22(24-17)27(16(2)28)18-6-4-3-5-7-18/h3-7,14-15H,8-13H2,1-2H3,(H,25,31). The van der Waals surface area contributed by atoms with Crippen LogP contribution in [0.3, 0.4) is 0 Å². The molecular formula is C23H26N4O5S. The highest BCUT2D eigenvalue weighted by Crippen LogP contribution is 2.36. The van der Waals surface area contributed by atoms with E-state index in [9.17, 15) is 19.2 Å². The van der Waals surface area contributed by atoms with Gasteiger partial charge < -0.3 is 10.1 Å². The predicted molar refractivity (Wildman–Crippen MR) is 122 cm³/mol. The number of esters is 1. The number of urea groups is 1. The normalized spacial score (nSPS) is 22.4. The molecule has 1 aromatic heterocycles. The van der Waals surface area contributed by atoms with Crippen molar-refractivity contribution in [3.05, 3.63) is 41.4 Å². The van der Waals surface area contributed by atoms with Crippen molar-refractivity contribution < 1.29 is 23.9 Å². The molecule has 9 nitrogen and oxygen atoms in total. The molecule has 1 saturated heterocycles. The molecule has 1 aliphatic heterocycles. The number of ether oxygens (including phenoxy) is 1. The van der Waals surface area contributed by atoms with Crippen molar-refractivity contribution in [1.29, 1.82) is 0 Å². The molecule has 1 aromatic carbocycles. The van der Waals surface area contributed by atoms with Gasteiger partial charge in [0.05, 0.1) is 11.4 Å². The monoisotopic (exact) mass is 470 g/mol. The van der Waals surface area contributed by atoms with Gasteiger partial charge in [0.2, 0.25) is 5.91 Å². The van der Waals surface area contributed by atoms with Crippen molar-refractivity contribution >= 4 is 46.0 Å². The second kappa shape index (κ2) is 9.30. The third-order valence-electron chi connectivity index (χ3n) is 6.10. The van der Waals surface area contributed by atoms with Gasteiger partial charge in [0, 0.05) is 12.3 Å². The Morgan fingerprint density at radius 1 is 1.24 bits per heavy atom. The number of hydrogen-bond acceptors (Lipinski definition) is 7. The van der Waals surface area contributed by atoms with Crippen LogP contribution in [0, 0.1) is 5.92 Å². The quantitative estimate of drug-likeness (QED) is 0.512. The van der Waals surface area contributed by atoms with Crippen LogP contribution in [0.25, 0.3) is 0 Å². The van der Waals surface area contributed by atoms with E-state index in [0.717, 1.165) is 17.7 Å². The Labute approximate surface area is 195 Å². The van der Waals surface area contributed by atoms with Crippen molar-refractivity contribution in [3.8, 4) is 0 Å². The number of nitrogens with one attached hydrogen (secondary N) is 1. The van der Waals surface area contributed by atoms with E-state index in [2.05, 4.69) is 17.2 Å². The summed E-state index contributed by atoms with van der Waals surface area (Å²) in [5.41, 5.74) is 0.273. The number of imide groups is 1. The highest BCUT2D eigenvalue weighted by molar-refractivity contribution is 7.14. The van der Waals surface area contributed by atoms with Crippen LogP contribution in [-0.2, 0) is 25.7 Å². The number of para-hydroxylation sites is 1. The lowest BCUT2D eigenvalue weighted by Gasteiger charge is -2.33. The highest BCUT2D eigenvalue weighted by Gasteiger charge is 2.52. The SMILES string of the molecule is CC(=O)N(c1ccccc1)c1nc(COC(=O)CN2C(=O)NC3(CCC(C)CC3)C2=O)cs1. The molecule has 0 atom stereocenters. The summed E-state index contributed by atoms with van der Waals surface area (Å²) in [7, 11) is 0. The second-order valence-electron chi connectivity index (χ2n) is 8.56. The number of carbonyl (C=O) groups excluding carboxylic acids is 4. The van der Waals surface area contributed by atoms with Crippen LogP contribution in [0.2, 0.25) is 0 Å². The van der Waals surface area contributed by atoms with Crippen LogP contribution in [0.15, 0.2) is 35.7 Å². The van der Waals surface area contributed by atoms with Crippen molar-refractivity contribution in [3.63, 3.8) is 0 Å². The maximum atomic E-state index is 12.9. The molecule has 0 bridgehead atoms. The van der Waals surface area contributed by atoms with Gasteiger partial charge in [-0.1, -0.05) is 25.1 Å². The summed E-state index contributed by atoms with van der Waals surface area (Å²) in [4.78, 5) is 56.6. The summed E-state index contributed by atoms with van der Waals surface area (Å²) < 4.78 is 5.27. The minimum Gasteiger partial charge on any atom is -0.458 e. The lowest BCUT2D eigenvalue weighted by atomic mass is 9.77. The Bertz CT molecular complexity index is 1060. The summed E-state index contributed by atoms with van der Waals surface area (Å²) in [6, 6.07) is 8.57. The zero-order valence-corrected chi connectivity index (χ0v) is 19.4. The summed E-state index contributed by atoms with van der Waals surface area (Å²) in [5, 5.41) is 4.95. The zero-order chi connectivity index (χ0) is 23.6. The van der Waals surface area contributed by atoms with E-state index in [1.54, 1.807) is 17.5 Å². The Hall–Kier alpha value is -3.27. The fraction of sp³-hybridized carbons (Fsp3) is 0.435. The van der Waals surface area contributed by atoms with Gasteiger partial charge in [-0.05, 0) is 43.7 Å². The Morgan fingerprint density at radius 2 is 1.94 bits per heavy atom. The Balaban J connectivity index is 1.35. The van der Waals surface area contributed by atoms with E-state index in [-0.39, 0.29) is 18.4 Å². The van der Waals surface area contributed by atoms with Crippen LogP contribution >= 0.6 is 11.3 Å². The minimum absolute atomic E-state index is 0.123. The molecule has 1 saturated carbocycles. The van der Waals surface area contributed by atoms with Crippen molar-refractivity contribution in [2.24, 2.45) is 5.92 Å². The molecular weight excluding hydrogens is 444 g/mol. The van der Waals surface area contributed by atoms with Gasteiger partial charge in [0.1, 0.15) is 18.7 Å². The largest absolute Gasteiger partial charge is 0.458 e. The predicted octanol–water partition coefficient (Wildman–Crippen LogP) is 3.37. The lowest BCUT2D eigenvalue weighted by molar-refractivity contribution is -0.149. The Kier molecular flexibility index (Phi) is 6.46. The number of rotatable bonds is 6. The van der Waals surface area contributed by atoms with Gasteiger partial charge in [-0.25, -0.2) is 9.78 Å². The Morgan fingerprint density at radius 3 is 2.61 bits per heavy atom. The second-order valence-corrected chi connectivity index (χ2v) is 9.39. The maximum Gasteiger partial charge on any atom is 0.326 e. The van der Waals surface area contributed by atoms with Crippen molar-refractivity contribution in [2.75, 3.05) is 11.4 Å². The van der Waals surface area contributed by atoms with Gasteiger partial charge >= 0.3 is 12.0 Å². The number of thiazole rings is 1. The fourth-order valence-electron chi connectivity index (χ4n) is 4.21. The molecule has 174 valence electrons. The van der Waals surface area contributed by atoms with Gasteiger partial charge in [-0.2, -0.15) is 0 Å². The van der Waals surface area contributed by atoms with Crippen molar-refractivity contribution in [2.45, 2.75) is 51.7 Å². The molecule has 4 amide bonds. The van der Waals surface area contributed by atoms with Crippen LogP contribution in [-0.4, -0.2) is 45.8 Å². The van der Waals surface area contributed by atoms with Gasteiger partial charge in [0.15, 0.2) is 5.13 Å². The van der Waals surface area contributed by atoms with E-state index in [4.69, 9.17) is 4.74 Å².